The van der Waals surface area contributed by atoms with Crippen LogP contribution in [0.3, 0.4) is 0 Å². The van der Waals surface area contributed by atoms with Gasteiger partial charge < -0.3 is 0 Å². The highest BCUT2D eigenvalue weighted by molar-refractivity contribution is 8.93. The summed E-state index contributed by atoms with van der Waals surface area (Å²) < 4.78 is 71.2. The molecule has 0 aliphatic carbocycles. The van der Waals surface area contributed by atoms with Gasteiger partial charge in [0, 0.05) is 26.2 Å². The first-order valence-corrected chi connectivity index (χ1v) is 6.85. The van der Waals surface area contributed by atoms with Gasteiger partial charge in [-0.05, 0) is 25.7 Å². The molecular formula is C12H21BrF6N2. The normalized spacial score (nSPS) is 22.0. The van der Waals surface area contributed by atoms with E-state index in [0.717, 1.165) is 12.8 Å². The van der Waals surface area contributed by atoms with Crippen LogP contribution in [-0.4, -0.2) is 48.6 Å². The molecule has 0 saturated carbocycles. The minimum Gasteiger partial charge on any atom is -0.214 e. The fourth-order valence-electron chi connectivity index (χ4n) is 2.29. The van der Waals surface area contributed by atoms with E-state index >= 15 is 0 Å². The van der Waals surface area contributed by atoms with Crippen LogP contribution in [0.15, 0.2) is 0 Å². The molecule has 2 fully saturated rings. The van der Waals surface area contributed by atoms with Crippen molar-refractivity contribution in [2.75, 3.05) is 26.2 Å². The Hall–Kier alpha value is -0.0200. The molecule has 0 amide bonds. The molecule has 2 aliphatic heterocycles. The summed E-state index contributed by atoms with van der Waals surface area (Å²) in [5.41, 5.74) is 0. The van der Waals surface area contributed by atoms with Gasteiger partial charge in [0.15, 0.2) is 0 Å². The second-order valence-electron chi connectivity index (χ2n) is 5.03. The van der Waals surface area contributed by atoms with Crippen molar-refractivity contribution in [3.63, 3.8) is 0 Å². The molecule has 0 unspecified atom stereocenters. The number of hydrogen-bond acceptors (Lipinski definition) is 2. The highest BCUT2D eigenvalue weighted by Gasteiger charge is 2.37. The van der Waals surface area contributed by atoms with Crippen LogP contribution in [0.1, 0.15) is 38.5 Å². The van der Waals surface area contributed by atoms with Gasteiger partial charge in [0.05, 0.1) is 0 Å². The van der Waals surface area contributed by atoms with Crippen molar-refractivity contribution in [3.05, 3.63) is 0 Å². The molecule has 2 saturated heterocycles. The van der Waals surface area contributed by atoms with Gasteiger partial charge in [0.25, 0.3) is 0 Å². The maximum atomic E-state index is 11.9. The molecule has 128 valence electrons. The lowest BCUT2D eigenvalue weighted by molar-refractivity contribution is -0.250. The van der Waals surface area contributed by atoms with Crippen LogP contribution in [-0.2, 0) is 0 Å². The van der Waals surface area contributed by atoms with Crippen LogP contribution in [0.2, 0.25) is 0 Å². The molecule has 2 rings (SSSR count). The van der Waals surface area contributed by atoms with Gasteiger partial charge in [-0.15, -0.1) is 17.0 Å². The van der Waals surface area contributed by atoms with Gasteiger partial charge >= 0.3 is 12.6 Å². The van der Waals surface area contributed by atoms with E-state index in [4.69, 9.17) is 0 Å². The Labute approximate surface area is 131 Å². The van der Waals surface area contributed by atoms with E-state index < -0.39 is 12.6 Å². The van der Waals surface area contributed by atoms with E-state index in [1.54, 1.807) is 0 Å². The second-order valence-corrected chi connectivity index (χ2v) is 5.03. The zero-order chi connectivity index (χ0) is 15.2. The van der Waals surface area contributed by atoms with Gasteiger partial charge in [-0.2, -0.15) is 26.3 Å². The number of nitrogens with zero attached hydrogens (tertiary/aromatic N) is 2. The summed E-state index contributed by atoms with van der Waals surface area (Å²) in [5, 5.41) is 0. The van der Waals surface area contributed by atoms with Gasteiger partial charge in [0.1, 0.15) is 0 Å². The molecule has 0 aromatic carbocycles. The largest absolute Gasteiger partial charge is 0.459 e. The smallest absolute Gasteiger partial charge is 0.214 e. The van der Waals surface area contributed by atoms with Gasteiger partial charge in [-0.1, -0.05) is 12.8 Å². The summed E-state index contributed by atoms with van der Waals surface area (Å²) in [6.45, 7) is 0.736. The Morgan fingerprint density at radius 3 is 0.857 bits per heavy atom. The first-order chi connectivity index (χ1) is 9.21. The van der Waals surface area contributed by atoms with Crippen molar-refractivity contribution in [3.8, 4) is 0 Å². The molecule has 0 radical (unpaired) electrons. The Morgan fingerprint density at radius 1 is 0.476 bits per heavy atom. The summed E-state index contributed by atoms with van der Waals surface area (Å²) in [5.74, 6) is 0. The number of piperidine rings is 2. The van der Waals surface area contributed by atoms with E-state index in [9.17, 15) is 26.3 Å². The third kappa shape index (κ3) is 8.25. The van der Waals surface area contributed by atoms with Crippen molar-refractivity contribution in [2.24, 2.45) is 0 Å². The summed E-state index contributed by atoms with van der Waals surface area (Å²) in [4.78, 5) is 1.16. The van der Waals surface area contributed by atoms with Gasteiger partial charge in [-0.25, -0.2) is 9.80 Å². The van der Waals surface area contributed by atoms with Crippen molar-refractivity contribution >= 4 is 17.0 Å². The van der Waals surface area contributed by atoms with Crippen LogP contribution >= 0.6 is 17.0 Å². The maximum Gasteiger partial charge on any atom is 0.459 e. The second kappa shape index (κ2) is 9.19. The Morgan fingerprint density at radius 2 is 0.714 bits per heavy atom. The highest BCUT2D eigenvalue weighted by atomic mass is 79.9. The van der Waals surface area contributed by atoms with Gasteiger partial charge in [-0.3, -0.25) is 0 Å². The van der Waals surface area contributed by atoms with Crippen molar-refractivity contribution < 1.29 is 26.3 Å². The molecule has 0 N–H and O–H groups in total. The molecule has 0 aromatic rings. The Balaban J connectivity index is 0.000000364. The molecule has 0 aromatic heterocycles. The van der Waals surface area contributed by atoms with E-state index in [2.05, 4.69) is 0 Å². The van der Waals surface area contributed by atoms with Crippen molar-refractivity contribution in [2.45, 2.75) is 51.1 Å². The number of rotatable bonds is 0. The number of likely N-dealkylation sites (tertiary alicyclic amines) is 2. The van der Waals surface area contributed by atoms with Crippen LogP contribution < -0.4 is 0 Å². The first-order valence-electron chi connectivity index (χ1n) is 6.85. The average molecular weight is 387 g/mol. The molecule has 2 nitrogen and oxygen atoms in total. The maximum absolute atomic E-state index is 11.9. The van der Waals surface area contributed by atoms with Crippen molar-refractivity contribution in [1.29, 1.82) is 0 Å². The zero-order valence-electron chi connectivity index (χ0n) is 11.6. The topological polar surface area (TPSA) is 6.48 Å². The monoisotopic (exact) mass is 386 g/mol. The quantitative estimate of drug-likeness (QED) is 0.444. The standard InChI is InChI=1S/2C6H10F3N.BrH/c2*7-6(8,9)10-4-2-1-3-5-10;/h2*1-5H2;1H. The van der Waals surface area contributed by atoms with E-state index in [1.165, 1.54) is 0 Å². The van der Waals surface area contributed by atoms with Crippen molar-refractivity contribution in [1.82, 2.24) is 9.80 Å². The molecular weight excluding hydrogens is 366 g/mol. The third-order valence-electron chi connectivity index (χ3n) is 3.43. The predicted molar refractivity (Wildman–Crippen MR) is 73.3 cm³/mol. The summed E-state index contributed by atoms with van der Waals surface area (Å²) in [7, 11) is 0. The number of halogens is 7. The molecule has 21 heavy (non-hydrogen) atoms. The lowest BCUT2D eigenvalue weighted by Crippen LogP contribution is -2.41. The number of alkyl halides is 6. The average Bonchev–Trinajstić information content (AvgIpc) is 2.40. The van der Waals surface area contributed by atoms with Crippen LogP contribution in [0.4, 0.5) is 26.3 Å². The lowest BCUT2D eigenvalue weighted by Gasteiger charge is -2.27. The summed E-state index contributed by atoms with van der Waals surface area (Å²) in [6.07, 6.45) is -3.60. The molecule has 9 heteroatoms. The molecule has 0 atom stereocenters. The molecule has 0 bridgehead atoms. The van der Waals surface area contributed by atoms with Crippen LogP contribution in [0, 0.1) is 0 Å². The minimum atomic E-state index is -4.10. The SMILES string of the molecule is Br.FC(F)(F)N1CCCCC1.FC(F)(F)N1CCCCC1. The predicted octanol–water partition coefficient (Wildman–Crippen LogP) is 4.56. The lowest BCUT2D eigenvalue weighted by atomic mass is 10.1. The van der Waals surface area contributed by atoms with E-state index in [-0.39, 0.29) is 43.2 Å². The first kappa shape index (κ1) is 21.0. The summed E-state index contributed by atoms with van der Waals surface area (Å²) in [6, 6.07) is 0. The summed E-state index contributed by atoms with van der Waals surface area (Å²) >= 11 is 0. The third-order valence-corrected chi connectivity index (χ3v) is 3.43. The van der Waals surface area contributed by atoms with E-state index in [0.29, 0.717) is 35.5 Å². The molecule has 2 heterocycles. The number of hydrogen-bond donors (Lipinski definition) is 0. The van der Waals surface area contributed by atoms with Crippen LogP contribution in [0.25, 0.3) is 0 Å². The zero-order valence-corrected chi connectivity index (χ0v) is 13.4. The van der Waals surface area contributed by atoms with E-state index in [1.807, 2.05) is 0 Å². The Bertz CT molecular complexity index is 242. The fourth-order valence-corrected chi connectivity index (χ4v) is 2.29. The van der Waals surface area contributed by atoms with Gasteiger partial charge in [0.2, 0.25) is 0 Å². The Kier molecular flexibility index (Phi) is 9.18. The highest BCUT2D eigenvalue weighted by Crippen LogP contribution is 2.25. The molecule has 0 spiro atoms. The fraction of sp³-hybridized carbons (Fsp3) is 1.00. The molecule has 2 aliphatic rings. The minimum absolute atomic E-state index is 0. The van der Waals surface area contributed by atoms with Crippen LogP contribution in [0.5, 0.6) is 0 Å².